The Kier molecular flexibility index (Phi) is 9.59. The first-order valence-electron chi connectivity index (χ1n) is 11.6. The van der Waals surface area contributed by atoms with E-state index in [4.69, 9.17) is 8.92 Å². The van der Waals surface area contributed by atoms with Gasteiger partial charge in [0.15, 0.2) is 0 Å². The summed E-state index contributed by atoms with van der Waals surface area (Å²) in [4.78, 5) is 26.2. The van der Waals surface area contributed by atoms with Gasteiger partial charge in [0.2, 0.25) is 0 Å². The van der Waals surface area contributed by atoms with E-state index in [0.717, 1.165) is 17.4 Å². The van der Waals surface area contributed by atoms with Gasteiger partial charge in [-0.15, -0.1) is 0 Å². The van der Waals surface area contributed by atoms with Gasteiger partial charge in [0.25, 0.3) is 5.91 Å². The highest BCUT2D eigenvalue weighted by molar-refractivity contribution is 7.86. The van der Waals surface area contributed by atoms with Gasteiger partial charge in [-0.2, -0.15) is 8.42 Å². The minimum atomic E-state index is -3.60. The molecule has 0 aliphatic rings. The number of aliphatic carboxylic acids is 1. The minimum absolute atomic E-state index is 0.155. The summed E-state index contributed by atoms with van der Waals surface area (Å²) in [5.74, 6) is -1.25. The van der Waals surface area contributed by atoms with Crippen LogP contribution in [0.1, 0.15) is 28.4 Å². The van der Waals surface area contributed by atoms with Crippen LogP contribution in [0, 0.1) is 0 Å². The molecule has 194 valence electrons. The fourth-order valence-electron chi connectivity index (χ4n) is 3.58. The number of hydrogen-bond donors (Lipinski definition) is 0. The van der Waals surface area contributed by atoms with Crippen molar-refractivity contribution in [1.82, 2.24) is 0 Å². The third-order valence-electron chi connectivity index (χ3n) is 5.29. The number of carboxylic acids is 1. The molecule has 1 atom stereocenters. The molecule has 0 saturated heterocycles. The highest BCUT2D eigenvalue weighted by Crippen LogP contribution is 2.20. The van der Waals surface area contributed by atoms with Crippen LogP contribution in [0.5, 0.6) is 5.75 Å². The van der Waals surface area contributed by atoms with Crippen LogP contribution in [-0.2, 0) is 26.1 Å². The molecule has 3 aromatic carbocycles. The van der Waals surface area contributed by atoms with Crippen LogP contribution in [0.15, 0.2) is 84.9 Å². The molecule has 3 aromatic rings. The number of nitrogens with zero attached hydrogens (tertiary/aromatic N) is 1. The van der Waals surface area contributed by atoms with E-state index < -0.39 is 22.2 Å². The van der Waals surface area contributed by atoms with E-state index in [9.17, 15) is 23.1 Å². The summed E-state index contributed by atoms with van der Waals surface area (Å²) in [7, 11) is -3.60. The lowest BCUT2D eigenvalue weighted by Crippen LogP contribution is -2.39. The summed E-state index contributed by atoms with van der Waals surface area (Å²) in [5.41, 5.74) is 2.70. The Morgan fingerprint density at radius 1 is 0.973 bits per heavy atom. The van der Waals surface area contributed by atoms with E-state index in [2.05, 4.69) is 0 Å². The van der Waals surface area contributed by atoms with Crippen molar-refractivity contribution >= 4 is 33.8 Å². The lowest BCUT2D eigenvalue weighted by molar-refractivity contribution is -0.316. The van der Waals surface area contributed by atoms with Gasteiger partial charge in [-0.25, -0.2) is 0 Å². The van der Waals surface area contributed by atoms with E-state index in [1.807, 2.05) is 18.2 Å². The quantitative estimate of drug-likeness (QED) is 0.336. The van der Waals surface area contributed by atoms with E-state index >= 15 is 0 Å². The number of carbonyl (C=O) groups excluding carboxylic acids is 2. The van der Waals surface area contributed by atoms with Crippen molar-refractivity contribution in [2.45, 2.75) is 19.4 Å². The molecule has 0 fully saturated rings. The standard InChI is InChI=1S/C28H29NO7S/c1-3-35-26(28(31)32)20-22-11-15-24(16-12-22)29(27(30)23-9-5-4-6-10-23)19-7-8-21-13-17-25(18-14-21)36-37(2,33)34/h4-18,26H,3,19-20H2,1-2H3,(H,31,32)/p-1/b8-7+/t26-/m0/s1. The second kappa shape index (κ2) is 12.8. The fraction of sp³-hybridized carbons (Fsp3) is 0.214. The summed E-state index contributed by atoms with van der Waals surface area (Å²) in [6.07, 6.45) is 3.72. The van der Waals surface area contributed by atoms with Crippen LogP contribution < -0.4 is 14.2 Å². The maximum Gasteiger partial charge on any atom is 0.306 e. The van der Waals surface area contributed by atoms with E-state index in [0.29, 0.717) is 11.3 Å². The second-order valence-electron chi connectivity index (χ2n) is 8.17. The SMILES string of the molecule is CCO[C@@H](Cc1ccc(N(C/C=C/c2ccc(OS(C)(=O)=O)cc2)C(=O)c2ccccc2)cc1)C(=O)[O-]. The van der Waals surface area contributed by atoms with Crippen LogP contribution >= 0.6 is 0 Å². The molecule has 0 aromatic heterocycles. The summed E-state index contributed by atoms with van der Waals surface area (Å²) >= 11 is 0. The molecule has 0 spiro atoms. The van der Waals surface area contributed by atoms with Crippen molar-refractivity contribution in [2.24, 2.45) is 0 Å². The Balaban J connectivity index is 1.79. The Hall–Kier alpha value is -3.95. The molecule has 0 bridgehead atoms. The minimum Gasteiger partial charge on any atom is -0.547 e. The molecule has 0 radical (unpaired) electrons. The lowest BCUT2D eigenvalue weighted by atomic mass is 10.1. The van der Waals surface area contributed by atoms with E-state index in [1.165, 1.54) is 0 Å². The number of ether oxygens (including phenoxy) is 1. The molecule has 0 N–H and O–H groups in total. The van der Waals surface area contributed by atoms with Gasteiger partial charge in [0.05, 0.1) is 12.2 Å². The normalized spacial score (nSPS) is 12.3. The average Bonchev–Trinajstić information content (AvgIpc) is 2.87. The topological polar surface area (TPSA) is 113 Å². The van der Waals surface area contributed by atoms with Gasteiger partial charge < -0.3 is 23.7 Å². The molecule has 37 heavy (non-hydrogen) atoms. The van der Waals surface area contributed by atoms with Crippen LogP contribution in [0.3, 0.4) is 0 Å². The third kappa shape index (κ3) is 8.59. The first-order valence-corrected chi connectivity index (χ1v) is 13.4. The molecular formula is C28H28NO7S-. The summed E-state index contributed by atoms with van der Waals surface area (Å²) in [6.45, 7) is 2.24. The molecule has 8 nitrogen and oxygen atoms in total. The van der Waals surface area contributed by atoms with Crippen molar-refractivity contribution < 1.29 is 32.0 Å². The lowest BCUT2D eigenvalue weighted by Gasteiger charge is -2.23. The maximum absolute atomic E-state index is 13.3. The molecular weight excluding hydrogens is 494 g/mol. The second-order valence-corrected chi connectivity index (χ2v) is 9.75. The molecule has 0 saturated carbocycles. The number of carboxylic acid groups (broad SMARTS) is 1. The van der Waals surface area contributed by atoms with Gasteiger partial charge >= 0.3 is 10.1 Å². The third-order valence-corrected chi connectivity index (χ3v) is 5.79. The molecule has 0 aliphatic heterocycles. The summed E-state index contributed by atoms with van der Waals surface area (Å²) in [5, 5.41) is 11.3. The van der Waals surface area contributed by atoms with Crippen LogP contribution in [0.2, 0.25) is 0 Å². The van der Waals surface area contributed by atoms with Crippen LogP contribution in [-0.4, -0.2) is 45.8 Å². The number of anilines is 1. The zero-order valence-electron chi connectivity index (χ0n) is 20.6. The van der Waals surface area contributed by atoms with Crippen molar-refractivity contribution in [3.63, 3.8) is 0 Å². The molecule has 0 aliphatic carbocycles. The Morgan fingerprint density at radius 3 is 2.19 bits per heavy atom. The predicted octanol–water partition coefficient (Wildman–Crippen LogP) is 3.08. The first kappa shape index (κ1) is 27.6. The molecule has 3 rings (SSSR count). The fourth-order valence-corrected chi connectivity index (χ4v) is 4.04. The summed E-state index contributed by atoms with van der Waals surface area (Å²) in [6, 6.07) is 22.5. The summed E-state index contributed by atoms with van der Waals surface area (Å²) < 4.78 is 32.6. The molecule has 1 amide bonds. The smallest absolute Gasteiger partial charge is 0.306 e. The van der Waals surface area contributed by atoms with Crippen LogP contribution in [0.4, 0.5) is 5.69 Å². The highest BCUT2D eigenvalue weighted by atomic mass is 32.2. The molecule has 0 heterocycles. The largest absolute Gasteiger partial charge is 0.547 e. The maximum atomic E-state index is 13.3. The highest BCUT2D eigenvalue weighted by Gasteiger charge is 2.17. The number of carbonyl (C=O) groups is 2. The number of benzene rings is 3. The van der Waals surface area contributed by atoms with Crippen molar-refractivity contribution in [3.8, 4) is 5.75 Å². The average molecular weight is 523 g/mol. The Morgan fingerprint density at radius 2 is 1.62 bits per heavy atom. The molecule has 0 unspecified atom stereocenters. The van der Waals surface area contributed by atoms with Crippen molar-refractivity contribution in [1.29, 1.82) is 0 Å². The first-order chi connectivity index (χ1) is 17.7. The van der Waals surface area contributed by atoms with Crippen molar-refractivity contribution in [2.75, 3.05) is 24.3 Å². The molecule has 9 heteroatoms. The van der Waals surface area contributed by atoms with Crippen LogP contribution in [0.25, 0.3) is 6.08 Å². The number of amides is 1. The van der Waals surface area contributed by atoms with Gasteiger partial charge in [0, 0.05) is 30.8 Å². The monoisotopic (exact) mass is 522 g/mol. The number of rotatable bonds is 12. The van der Waals surface area contributed by atoms with Gasteiger partial charge in [-0.1, -0.05) is 54.6 Å². The predicted molar refractivity (Wildman–Crippen MR) is 140 cm³/mol. The van der Waals surface area contributed by atoms with Gasteiger partial charge in [-0.05, 0) is 54.4 Å². The number of hydrogen-bond acceptors (Lipinski definition) is 7. The zero-order valence-corrected chi connectivity index (χ0v) is 21.4. The van der Waals surface area contributed by atoms with Crippen molar-refractivity contribution in [3.05, 3.63) is 102 Å². The van der Waals surface area contributed by atoms with Gasteiger partial charge in [-0.3, -0.25) is 4.79 Å². The van der Waals surface area contributed by atoms with E-state index in [1.54, 1.807) is 84.6 Å². The Bertz CT molecular complexity index is 1320. The zero-order chi connectivity index (χ0) is 26.8. The van der Waals surface area contributed by atoms with Gasteiger partial charge in [0.1, 0.15) is 11.9 Å². The van der Waals surface area contributed by atoms with E-state index in [-0.39, 0.29) is 31.2 Å². The Labute approximate surface area is 216 Å².